The van der Waals surface area contributed by atoms with Gasteiger partial charge in [-0.2, -0.15) is 0 Å². The molecule has 4 heteroatoms. The second kappa shape index (κ2) is 7.52. The molecule has 1 aliphatic carbocycles. The lowest BCUT2D eigenvalue weighted by atomic mass is 9.70. The Bertz CT molecular complexity index is 391. The molecule has 0 unspecified atom stereocenters. The van der Waals surface area contributed by atoms with Crippen LogP contribution < -0.4 is 0 Å². The summed E-state index contributed by atoms with van der Waals surface area (Å²) in [5, 5.41) is 0. The third-order valence-corrected chi connectivity index (χ3v) is 6.51. The Balaban J connectivity index is 1.36. The molecule has 0 bridgehead atoms. The first-order valence-electron chi connectivity index (χ1n) is 9.80. The topological polar surface area (TPSA) is 26.8 Å². The number of piperidine rings is 1. The van der Waals surface area contributed by atoms with E-state index < -0.39 is 0 Å². The maximum atomic E-state index is 12.5. The van der Waals surface area contributed by atoms with Crippen LogP contribution in [0.2, 0.25) is 0 Å². The summed E-state index contributed by atoms with van der Waals surface area (Å²) in [5.74, 6) is 1.03. The monoisotopic (exact) mass is 321 g/mol. The molecule has 23 heavy (non-hydrogen) atoms. The Morgan fingerprint density at radius 3 is 2.17 bits per heavy atom. The standard InChI is InChI=1S/C19H35N3O/c1-3-20-11-13-22(14-12-20)18(23)15-17-5-9-21(10-6-17)16-19(2)7-4-8-19/h17H,3-16H2,1-2H3. The molecule has 0 N–H and O–H groups in total. The molecule has 1 saturated carbocycles. The summed E-state index contributed by atoms with van der Waals surface area (Å²) in [6, 6.07) is 0. The summed E-state index contributed by atoms with van der Waals surface area (Å²) in [6.07, 6.45) is 7.47. The van der Waals surface area contributed by atoms with E-state index in [0.29, 0.717) is 17.2 Å². The van der Waals surface area contributed by atoms with E-state index in [4.69, 9.17) is 0 Å². The van der Waals surface area contributed by atoms with Crippen LogP contribution in [0.5, 0.6) is 0 Å². The van der Waals surface area contributed by atoms with E-state index >= 15 is 0 Å². The molecule has 0 aromatic rings. The fourth-order valence-electron chi connectivity index (χ4n) is 4.52. The normalized spacial score (nSPS) is 27.0. The van der Waals surface area contributed by atoms with E-state index in [1.807, 2.05) is 0 Å². The first-order valence-corrected chi connectivity index (χ1v) is 9.80. The lowest BCUT2D eigenvalue weighted by Crippen LogP contribution is -2.49. The van der Waals surface area contributed by atoms with Crippen LogP contribution in [0.1, 0.15) is 52.4 Å². The average molecular weight is 322 g/mol. The molecule has 0 aromatic heterocycles. The van der Waals surface area contributed by atoms with Crippen molar-refractivity contribution >= 4 is 5.91 Å². The molecule has 2 saturated heterocycles. The van der Waals surface area contributed by atoms with Gasteiger partial charge in [-0.1, -0.05) is 20.3 Å². The number of carbonyl (C=O) groups excluding carboxylic acids is 1. The molecule has 3 rings (SSSR count). The van der Waals surface area contributed by atoms with E-state index in [2.05, 4.69) is 28.5 Å². The Labute approximate surface area is 142 Å². The number of hydrogen-bond donors (Lipinski definition) is 0. The molecule has 0 aromatic carbocycles. The van der Waals surface area contributed by atoms with Crippen molar-refractivity contribution in [3.63, 3.8) is 0 Å². The largest absolute Gasteiger partial charge is 0.340 e. The van der Waals surface area contributed by atoms with Gasteiger partial charge in [-0.3, -0.25) is 4.79 Å². The lowest BCUT2D eigenvalue weighted by molar-refractivity contribution is -0.134. The lowest BCUT2D eigenvalue weighted by Gasteiger charge is -2.44. The maximum absolute atomic E-state index is 12.5. The van der Waals surface area contributed by atoms with Gasteiger partial charge in [-0.25, -0.2) is 0 Å². The first-order chi connectivity index (χ1) is 11.1. The van der Waals surface area contributed by atoms with Crippen molar-refractivity contribution in [3.05, 3.63) is 0 Å². The predicted octanol–water partition coefficient (Wildman–Crippen LogP) is 2.44. The molecule has 0 spiro atoms. The van der Waals surface area contributed by atoms with Crippen LogP contribution >= 0.6 is 0 Å². The minimum Gasteiger partial charge on any atom is -0.340 e. The number of nitrogens with zero attached hydrogens (tertiary/aromatic N) is 3. The minimum atomic E-state index is 0.408. The SMILES string of the molecule is CCN1CCN(C(=O)CC2CCN(CC3(C)CCC3)CC2)CC1. The second-order valence-corrected chi connectivity index (χ2v) is 8.40. The maximum Gasteiger partial charge on any atom is 0.222 e. The summed E-state index contributed by atoms with van der Waals surface area (Å²) < 4.78 is 0. The number of likely N-dealkylation sites (N-methyl/N-ethyl adjacent to an activating group) is 1. The smallest absolute Gasteiger partial charge is 0.222 e. The van der Waals surface area contributed by atoms with Gasteiger partial charge in [0.15, 0.2) is 0 Å². The molecule has 0 radical (unpaired) electrons. The van der Waals surface area contributed by atoms with Crippen molar-refractivity contribution in [2.24, 2.45) is 11.3 Å². The molecule has 0 atom stereocenters. The molecular weight excluding hydrogens is 286 g/mol. The van der Waals surface area contributed by atoms with Crippen molar-refractivity contribution in [2.45, 2.75) is 52.4 Å². The van der Waals surface area contributed by atoms with Crippen molar-refractivity contribution in [1.29, 1.82) is 0 Å². The number of carbonyl (C=O) groups is 1. The average Bonchev–Trinajstić information content (AvgIpc) is 2.55. The van der Waals surface area contributed by atoms with Crippen molar-refractivity contribution < 1.29 is 4.79 Å². The van der Waals surface area contributed by atoms with Crippen LogP contribution in [-0.4, -0.2) is 73.0 Å². The molecule has 3 fully saturated rings. The molecule has 3 aliphatic rings. The van der Waals surface area contributed by atoms with Crippen molar-refractivity contribution in [3.8, 4) is 0 Å². The van der Waals surface area contributed by atoms with Gasteiger partial charge in [0.1, 0.15) is 0 Å². The second-order valence-electron chi connectivity index (χ2n) is 8.40. The molecule has 132 valence electrons. The summed E-state index contributed by atoms with van der Waals surface area (Å²) >= 11 is 0. The molecule has 4 nitrogen and oxygen atoms in total. The number of hydrogen-bond acceptors (Lipinski definition) is 3. The Hall–Kier alpha value is -0.610. The van der Waals surface area contributed by atoms with Gasteiger partial charge in [0.05, 0.1) is 0 Å². The van der Waals surface area contributed by atoms with Gasteiger partial charge in [0.25, 0.3) is 0 Å². The number of amides is 1. The third-order valence-electron chi connectivity index (χ3n) is 6.51. The van der Waals surface area contributed by atoms with Gasteiger partial charge in [0, 0.05) is 39.1 Å². The van der Waals surface area contributed by atoms with Gasteiger partial charge in [-0.15, -0.1) is 0 Å². The van der Waals surface area contributed by atoms with E-state index in [1.54, 1.807) is 0 Å². The zero-order chi connectivity index (χ0) is 16.3. The molecule has 1 amide bonds. The van der Waals surface area contributed by atoms with E-state index in [9.17, 15) is 4.79 Å². The Morgan fingerprint density at radius 2 is 1.65 bits per heavy atom. The third kappa shape index (κ3) is 4.48. The quantitative estimate of drug-likeness (QED) is 0.778. The zero-order valence-electron chi connectivity index (χ0n) is 15.2. The van der Waals surface area contributed by atoms with Gasteiger partial charge in [-0.05, 0) is 56.7 Å². The van der Waals surface area contributed by atoms with Crippen LogP contribution in [0.25, 0.3) is 0 Å². The molecule has 2 heterocycles. The highest BCUT2D eigenvalue weighted by Gasteiger charge is 2.35. The number of piperazine rings is 1. The van der Waals surface area contributed by atoms with E-state index in [0.717, 1.165) is 39.1 Å². The molecule has 2 aliphatic heterocycles. The Kier molecular flexibility index (Phi) is 5.63. The minimum absolute atomic E-state index is 0.408. The van der Waals surface area contributed by atoms with E-state index in [1.165, 1.54) is 51.7 Å². The van der Waals surface area contributed by atoms with Crippen LogP contribution in [0, 0.1) is 11.3 Å². The van der Waals surface area contributed by atoms with Crippen LogP contribution in [-0.2, 0) is 4.79 Å². The first kappa shape index (κ1) is 17.2. The molecular formula is C19H35N3O. The zero-order valence-corrected chi connectivity index (χ0v) is 15.2. The summed E-state index contributed by atoms with van der Waals surface area (Å²) in [5.41, 5.74) is 0.599. The Morgan fingerprint density at radius 1 is 1.00 bits per heavy atom. The summed E-state index contributed by atoms with van der Waals surface area (Å²) in [4.78, 5) is 19.7. The van der Waals surface area contributed by atoms with Gasteiger partial charge in [0.2, 0.25) is 5.91 Å². The van der Waals surface area contributed by atoms with Crippen LogP contribution in [0.15, 0.2) is 0 Å². The van der Waals surface area contributed by atoms with Gasteiger partial charge >= 0.3 is 0 Å². The van der Waals surface area contributed by atoms with E-state index in [-0.39, 0.29) is 0 Å². The highest BCUT2D eigenvalue weighted by atomic mass is 16.2. The van der Waals surface area contributed by atoms with Crippen LogP contribution in [0.4, 0.5) is 0 Å². The number of likely N-dealkylation sites (tertiary alicyclic amines) is 1. The van der Waals surface area contributed by atoms with Crippen molar-refractivity contribution in [1.82, 2.24) is 14.7 Å². The summed E-state index contributed by atoms with van der Waals surface area (Å²) in [7, 11) is 0. The fraction of sp³-hybridized carbons (Fsp3) is 0.947. The van der Waals surface area contributed by atoms with Crippen LogP contribution in [0.3, 0.4) is 0 Å². The fourth-order valence-corrected chi connectivity index (χ4v) is 4.52. The predicted molar refractivity (Wildman–Crippen MR) is 94.4 cm³/mol. The van der Waals surface area contributed by atoms with Gasteiger partial charge < -0.3 is 14.7 Å². The highest BCUT2D eigenvalue weighted by molar-refractivity contribution is 5.76. The number of rotatable bonds is 5. The summed E-state index contributed by atoms with van der Waals surface area (Å²) in [6.45, 7) is 13.4. The van der Waals surface area contributed by atoms with Crippen molar-refractivity contribution in [2.75, 3.05) is 52.4 Å². The highest BCUT2D eigenvalue weighted by Crippen LogP contribution is 2.41.